The van der Waals surface area contributed by atoms with Crippen molar-refractivity contribution in [2.45, 2.75) is 76.0 Å². The molecular weight excluding hydrogens is 882 g/mol. The van der Waals surface area contributed by atoms with Crippen molar-refractivity contribution >= 4 is 41.1 Å². The summed E-state index contributed by atoms with van der Waals surface area (Å²) in [6, 6.07) is 62.1. The largest absolute Gasteiger partial charge is 0.373 e. The molecule has 0 fully saturated rings. The van der Waals surface area contributed by atoms with Gasteiger partial charge in [0, 0.05) is 22.7 Å². The average Bonchev–Trinajstić information content (AvgIpc) is 3.93. The van der Waals surface area contributed by atoms with Gasteiger partial charge in [0.25, 0.3) is 0 Å². The lowest BCUT2D eigenvalue weighted by Gasteiger charge is -2.37. The Balaban J connectivity index is 1.04. The number of rotatable bonds is 9. The van der Waals surface area contributed by atoms with Crippen LogP contribution in [-0.2, 0) is 17.4 Å². The van der Waals surface area contributed by atoms with Gasteiger partial charge in [0.05, 0.1) is 22.6 Å². The summed E-state index contributed by atoms with van der Waals surface area (Å²) in [5.74, 6) is 0.727. The Hall–Kier alpha value is -7.39. The smallest absolute Gasteiger partial charge is 0.261 e. The van der Waals surface area contributed by atoms with Gasteiger partial charge in [-0.15, -0.1) is 0 Å². The summed E-state index contributed by atoms with van der Waals surface area (Å²) in [5.41, 5.74) is 20.1. The Labute approximate surface area is 418 Å². The van der Waals surface area contributed by atoms with Crippen LogP contribution in [0.25, 0.3) is 49.9 Å². The molecule has 2 heterocycles. The summed E-state index contributed by atoms with van der Waals surface area (Å²) in [5, 5.41) is 1.19. The van der Waals surface area contributed by atoms with Crippen LogP contribution in [0.5, 0.6) is 0 Å². The number of anilines is 3. The highest BCUT2D eigenvalue weighted by atomic mass is 31.2. The molecule has 1 aromatic heterocycles. The van der Waals surface area contributed by atoms with Crippen LogP contribution in [0.2, 0.25) is 0 Å². The maximum absolute atomic E-state index is 17.7. The van der Waals surface area contributed by atoms with Crippen molar-refractivity contribution in [3.63, 3.8) is 0 Å². The highest BCUT2D eigenvalue weighted by Crippen LogP contribution is 2.72. The summed E-state index contributed by atoms with van der Waals surface area (Å²) in [6.07, 6.45) is 28.7. The molecule has 8 aromatic rings. The van der Waals surface area contributed by atoms with Crippen LogP contribution in [0.1, 0.15) is 91.2 Å². The van der Waals surface area contributed by atoms with Crippen molar-refractivity contribution in [2.24, 2.45) is 0 Å². The minimum Gasteiger partial charge on any atom is -0.261 e. The van der Waals surface area contributed by atoms with Crippen LogP contribution >= 0.6 is 7.59 Å². The van der Waals surface area contributed by atoms with Crippen molar-refractivity contribution < 1.29 is 4.57 Å². The molecule has 0 radical (unpaired) electrons. The van der Waals surface area contributed by atoms with Gasteiger partial charge in [-0.25, -0.2) is 4.57 Å². The monoisotopic (exact) mass is 939 g/mol. The van der Waals surface area contributed by atoms with E-state index in [0.29, 0.717) is 11.8 Å². The van der Waals surface area contributed by atoms with Crippen molar-refractivity contribution in [3.05, 3.63) is 252 Å². The lowest BCUT2D eigenvalue weighted by Crippen LogP contribution is -2.28. The fourth-order valence-corrected chi connectivity index (χ4v) is 15.6. The fourth-order valence-electron chi connectivity index (χ4n) is 12.2. The first-order chi connectivity index (χ1) is 35.1. The SMILES string of the molecule is O=P1(n2c3c(c4cc(-c5cc(-c6ccccc6)cc(-c6ccccc6)c5)ccc42)CC(c2cc(C4=CCCC=C4)cc(C4C=CCCC4)c2)CC3)N(C2=CC=CCC2)c2ccccc2N1c1ccccc1. The third-order valence-electron chi connectivity index (χ3n) is 15.7. The molecule has 7 aromatic carbocycles. The molecule has 13 rings (SSSR count). The molecule has 71 heavy (non-hydrogen) atoms. The second-order valence-electron chi connectivity index (χ2n) is 20.0. The molecule has 0 amide bonds. The van der Waals surface area contributed by atoms with Gasteiger partial charge >= 0.3 is 7.59 Å². The van der Waals surface area contributed by atoms with E-state index >= 15 is 4.57 Å². The maximum Gasteiger partial charge on any atom is 0.373 e. The highest BCUT2D eigenvalue weighted by molar-refractivity contribution is 7.67. The van der Waals surface area contributed by atoms with Crippen LogP contribution in [0, 0.1) is 0 Å². The Morgan fingerprint density at radius 3 is 1.89 bits per heavy atom. The quantitative estimate of drug-likeness (QED) is 0.107. The standard InChI is InChI=1S/C66H58N3OP/c70-71(67(59-29-15-5-16-30-59)65-33-19-20-34-66(65)68(71)60-31-17-6-18-32-60)69-63-37-35-51(57-41-53(47-21-7-1-8-22-47)39-54(42-57)48-23-9-2-10-24-48)45-61(63)62-46-52(36-38-64(62)69)58-43-55(49-25-11-3-12-26-49)40-56(44-58)50-27-13-4-14-28-50/h1-2,5-11,13,15-17,19-27,29-31,33-35,37,39-45,50,52H,3-4,12,14,18,28,32,36,38,46H2. The zero-order chi connectivity index (χ0) is 47.3. The number of aromatic nitrogens is 1. The molecule has 5 heteroatoms. The molecule has 0 saturated heterocycles. The number of para-hydroxylation sites is 3. The first kappa shape index (κ1) is 43.6. The fraction of sp³-hybridized carbons (Fsp3) is 0.182. The van der Waals surface area contributed by atoms with Crippen molar-refractivity contribution in [3.8, 4) is 33.4 Å². The summed E-state index contributed by atoms with van der Waals surface area (Å²) >= 11 is 0. The third-order valence-corrected chi connectivity index (χ3v) is 18.6. The van der Waals surface area contributed by atoms with Crippen LogP contribution in [0.15, 0.2) is 224 Å². The van der Waals surface area contributed by atoms with Gasteiger partial charge in [0.2, 0.25) is 0 Å². The molecule has 3 unspecified atom stereocenters. The van der Waals surface area contributed by atoms with E-state index in [0.717, 1.165) is 78.8 Å². The molecule has 0 saturated carbocycles. The number of fused-ring (bicyclic) bond motifs is 4. The molecule has 0 N–H and O–H groups in total. The molecule has 4 aliphatic carbocycles. The van der Waals surface area contributed by atoms with E-state index in [2.05, 4.69) is 232 Å². The Morgan fingerprint density at radius 1 is 0.521 bits per heavy atom. The predicted molar refractivity (Wildman–Crippen MR) is 299 cm³/mol. The van der Waals surface area contributed by atoms with Crippen LogP contribution in [0.4, 0.5) is 17.1 Å². The molecule has 3 atom stereocenters. The Morgan fingerprint density at radius 2 is 1.21 bits per heavy atom. The number of hydrogen-bond donors (Lipinski definition) is 0. The van der Waals surface area contributed by atoms with E-state index in [1.165, 1.54) is 86.0 Å². The van der Waals surface area contributed by atoms with E-state index in [-0.39, 0.29) is 0 Å². The lowest BCUT2D eigenvalue weighted by molar-refractivity contribution is 0.554. The highest BCUT2D eigenvalue weighted by Gasteiger charge is 2.52. The van der Waals surface area contributed by atoms with Gasteiger partial charge in [-0.3, -0.25) is 13.7 Å². The van der Waals surface area contributed by atoms with E-state index in [1.807, 2.05) is 0 Å². The second kappa shape index (κ2) is 18.4. The number of hydrogen-bond acceptors (Lipinski definition) is 1. The first-order valence-electron chi connectivity index (χ1n) is 25.9. The molecule has 4 nitrogen and oxygen atoms in total. The molecule has 0 spiro atoms. The number of nitrogens with zero attached hydrogens (tertiary/aromatic N) is 3. The van der Waals surface area contributed by atoms with Crippen LogP contribution < -0.4 is 9.34 Å². The molecule has 348 valence electrons. The number of allylic oxidation sites excluding steroid dienone is 10. The summed E-state index contributed by atoms with van der Waals surface area (Å²) in [4.78, 5) is 0. The Kier molecular flexibility index (Phi) is 11.3. The molecule has 5 aliphatic rings. The van der Waals surface area contributed by atoms with E-state index in [9.17, 15) is 0 Å². The van der Waals surface area contributed by atoms with Crippen LogP contribution in [-0.4, -0.2) is 4.34 Å². The molecule has 1 aliphatic heterocycles. The molecular formula is C66H58N3OP. The average molecular weight is 940 g/mol. The summed E-state index contributed by atoms with van der Waals surface area (Å²) in [6.45, 7) is 0. The van der Waals surface area contributed by atoms with Crippen molar-refractivity contribution in [1.29, 1.82) is 0 Å². The van der Waals surface area contributed by atoms with Gasteiger partial charge in [-0.1, -0.05) is 158 Å². The van der Waals surface area contributed by atoms with Gasteiger partial charge < -0.3 is 0 Å². The number of benzene rings is 7. The maximum atomic E-state index is 17.7. The normalized spacial score (nSPS) is 20.5. The summed E-state index contributed by atoms with van der Waals surface area (Å²) in [7, 11) is -3.74. The zero-order valence-corrected chi connectivity index (χ0v) is 41.1. The summed E-state index contributed by atoms with van der Waals surface area (Å²) < 4.78 is 24.4. The topological polar surface area (TPSA) is 28.5 Å². The van der Waals surface area contributed by atoms with E-state index in [1.54, 1.807) is 0 Å². The molecule has 0 bridgehead atoms. The first-order valence-corrected chi connectivity index (χ1v) is 27.5. The van der Waals surface area contributed by atoms with E-state index < -0.39 is 7.59 Å². The van der Waals surface area contributed by atoms with Gasteiger partial charge in [0.1, 0.15) is 0 Å². The second-order valence-corrected chi connectivity index (χ2v) is 22.2. The van der Waals surface area contributed by atoms with Crippen molar-refractivity contribution in [2.75, 3.05) is 9.34 Å². The van der Waals surface area contributed by atoms with Crippen LogP contribution in [0.3, 0.4) is 0 Å². The van der Waals surface area contributed by atoms with Crippen molar-refractivity contribution in [1.82, 2.24) is 4.34 Å². The third kappa shape index (κ3) is 7.81. The minimum atomic E-state index is -3.74. The zero-order valence-electron chi connectivity index (χ0n) is 40.2. The predicted octanol–water partition coefficient (Wildman–Crippen LogP) is 18.3. The lowest BCUT2D eigenvalue weighted by atomic mass is 9.78. The Bertz CT molecular complexity index is 3480. The van der Waals surface area contributed by atoms with Gasteiger partial charge in [-0.05, 0) is 192 Å². The van der Waals surface area contributed by atoms with E-state index in [4.69, 9.17) is 0 Å². The van der Waals surface area contributed by atoms with Gasteiger partial charge in [0.15, 0.2) is 0 Å². The van der Waals surface area contributed by atoms with Gasteiger partial charge in [-0.2, -0.15) is 0 Å². The minimum absolute atomic E-state index is 0.296.